The number of likely N-dealkylation sites (tertiary alicyclic amines) is 1. The molecule has 1 saturated heterocycles. The molecule has 0 radical (unpaired) electrons. The van der Waals surface area contributed by atoms with Crippen LogP contribution in [0, 0.1) is 0 Å². The highest BCUT2D eigenvalue weighted by Crippen LogP contribution is 2.12. The number of anilines is 1. The van der Waals surface area contributed by atoms with Crippen LogP contribution in [0.3, 0.4) is 0 Å². The maximum absolute atomic E-state index is 11.9. The molecule has 1 aliphatic heterocycles. The Morgan fingerprint density at radius 1 is 1.53 bits per heavy atom. The first-order valence-electron chi connectivity index (χ1n) is 6.03. The summed E-state index contributed by atoms with van der Waals surface area (Å²) >= 11 is 0. The van der Waals surface area contributed by atoms with Gasteiger partial charge in [-0.05, 0) is 12.8 Å². The van der Waals surface area contributed by atoms with E-state index < -0.39 is 12.1 Å². The molecule has 19 heavy (non-hydrogen) atoms. The summed E-state index contributed by atoms with van der Waals surface area (Å²) in [6, 6.07) is -0.311. The van der Waals surface area contributed by atoms with Crippen LogP contribution in [0.2, 0.25) is 0 Å². The maximum Gasteiger partial charge on any atom is 0.325 e. The second kappa shape index (κ2) is 5.70. The minimum absolute atomic E-state index is 0.252. The van der Waals surface area contributed by atoms with E-state index >= 15 is 0 Å². The topological polar surface area (TPSA) is 108 Å². The number of amides is 2. The minimum atomic E-state index is -1.000. The van der Waals surface area contributed by atoms with Crippen LogP contribution in [0.1, 0.15) is 12.8 Å². The lowest BCUT2D eigenvalue weighted by molar-refractivity contribution is -0.137. The average molecular weight is 268 g/mol. The molecule has 0 aromatic carbocycles. The lowest BCUT2D eigenvalue weighted by Crippen LogP contribution is -2.44. The van der Waals surface area contributed by atoms with Gasteiger partial charge in [0.2, 0.25) is 0 Å². The number of aliphatic hydroxyl groups is 1. The Labute approximate surface area is 109 Å². The highest BCUT2D eigenvalue weighted by Gasteiger charge is 2.22. The maximum atomic E-state index is 11.9. The van der Waals surface area contributed by atoms with Gasteiger partial charge in [-0.25, -0.2) is 4.79 Å². The van der Waals surface area contributed by atoms with Crippen molar-refractivity contribution in [3.63, 3.8) is 0 Å². The molecule has 1 aromatic heterocycles. The van der Waals surface area contributed by atoms with Gasteiger partial charge in [0.1, 0.15) is 6.54 Å². The number of piperidine rings is 1. The van der Waals surface area contributed by atoms with Gasteiger partial charge >= 0.3 is 12.0 Å². The van der Waals surface area contributed by atoms with Crippen molar-refractivity contribution in [2.45, 2.75) is 25.5 Å². The molecular formula is C11H16N4O4. The normalized spacial score (nSPS) is 19.2. The van der Waals surface area contributed by atoms with Gasteiger partial charge < -0.3 is 20.4 Å². The molecule has 8 heteroatoms. The lowest BCUT2D eigenvalue weighted by atomic mass is 10.1. The van der Waals surface area contributed by atoms with Crippen molar-refractivity contribution in [3.05, 3.63) is 12.4 Å². The van der Waals surface area contributed by atoms with E-state index in [1.165, 1.54) is 22.0 Å². The van der Waals surface area contributed by atoms with E-state index in [1.807, 2.05) is 0 Å². The first-order chi connectivity index (χ1) is 9.04. The van der Waals surface area contributed by atoms with Crippen LogP contribution in [0.25, 0.3) is 0 Å². The molecule has 8 nitrogen and oxygen atoms in total. The monoisotopic (exact) mass is 268 g/mol. The van der Waals surface area contributed by atoms with Crippen LogP contribution in [0.4, 0.5) is 10.5 Å². The number of aromatic nitrogens is 2. The zero-order chi connectivity index (χ0) is 13.8. The Hall–Kier alpha value is -2.09. The highest BCUT2D eigenvalue weighted by atomic mass is 16.4. The molecule has 0 bridgehead atoms. The van der Waals surface area contributed by atoms with Crippen molar-refractivity contribution in [3.8, 4) is 0 Å². The molecule has 0 aliphatic carbocycles. The zero-order valence-electron chi connectivity index (χ0n) is 10.3. The second-order valence-corrected chi connectivity index (χ2v) is 4.49. The van der Waals surface area contributed by atoms with Gasteiger partial charge in [-0.1, -0.05) is 0 Å². The van der Waals surface area contributed by atoms with Crippen molar-refractivity contribution in [1.82, 2.24) is 14.7 Å². The third-order valence-corrected chi connectivity index (χ3v) is 2.87. The second-order valence-electron chi connectivity index (χ2n) is 4.49. The van der Waals surface area contributed by atoms with Gasteiger partial charge in [-0.15, -0.1) is 0 Å². The molecule has 0 spiro atoms. The lowest BCUT2D eigenvalue weighted by Gasteiger charge is -2.29. The Kier molecular flexibility index (Phi) is 4.00. The van der Waals surface area contributed by atoms with E-state index in [9.17, 15) is 14.7 Å². The SMILES string of the molecule is O=C(O)Cn1cc(NC(=O)N2CCCC(O)C2)cn1. The summed E-state index contributed by atoms with van der Waals surface area (Å²) in [6.07, 6.45) is 3.84. The molecule has 2 heterocycles. The third-order valence-electron chi connectivity index (χ3n) is 2.87. The fraction of sp³-hybridized carbons (Fsp3) is 0.545. The predicted octanol–water partition coefficient (Wildman–Crippen LogP) is -0.0437. The number of carbonyl (C=O) groups excluding carboxylic acids is 1. The minimum Gasteiger partial charge on any atom is -0.480 e. The van der Waals surface area contributed by atoms with Crippen molar-refractivity contribution in [2.24, 2.45) is 0 Å². The van der Waals surface area contributed by atoms with E-state index in [2.05, 4.69) is 10.4 Å². The van der Waals surface area contributed by atoms with Crippen molar-refractivity contribution >= 4 is 17.7 Å². The number of rotatable bonds is 3. The number of carboxylic acids is 1. The number of carbonyl (C=O) groups is 2. The van der Waals surface area contributed by atoms with E-state index in [0.29, 0.717) is 25.2 Å². The zero-order valence-corrected chi connectivity index (χ0v) is 10.3. The number of hydrogen-bond donors (Lipinski definition) is 3. The van der Waals surface area contributed by atoms with Crippen molar-refractivity contribution in [2.75, 3.05) is 18.4 Å². The van der Waals surface area contributed by atoms with Gasteiger partial charge in [-0.2, -0.15) is 5.10 Å². The van der Waals surface area contributed by atoms with E-state index in [4.69, 9.17) is 5.11 Å². The molecule has 1 aromatic rings. The molecule has 0 saturated carbocycles. The Morgan fingerprint density at radius 3 is 3.00 bits per heavy atom. The number of nitrogens with zero attached hydrogens (tertiary/aromatic N) is 3. The van der Waals surface area contributed by atoms with Crippen molar-refractivity contribution < 1.29 is 19.8 Å². The number of aliphatic hydroxyl groups excluding tert-OH is 1. The summed E-state index contributed by atoms with van der Waals surface area (Å²) in [5.74, 6) is -1.000. The fourth-order valence-electron chi connectivity index (χ4n) is 1.99. The van der Waals surface area contributed by atoms with Crippen LogP contribution < -0.4 is 5.32 Å². The smallest absolute Gasteiger partial charge is 0.325 e. The first kappa shape index (κ1) is 13.3. The summed E-state index contributed by atoms with van der Waals surface area (Å²) in [5, 5.41) is 24.5. The number of hydrogen-bond acceptors (Lipinski definition) is 4. The van der Waals surface area contributed by atoms with Crippen molar-refractivity contribution in [1.29, 1.82) is 0 Å². The number of β-amino-alcohol motifs (C(OH)–C–C–N with tert-alkyl or cyclic N) is 1. The first-order valence-corrected chi connectivity index (χ1v) is 6.03. The summed E-state index contributed by atoms with van der Waals surface area (Å²) in [6.45, 7) is 0.666. The summed E-state index contributed by atoms with van der Waals surface area (Å²) < 4.78 is 1.23. The van der Waals surface area contributed by atoms with Gasteiger partial charge in [0.25, 0.3) is 0 Å². The van der Waals surface area contributed by atoms with Crippen LogP contribution in [0.15, 0.2) is 12.4 Å². The molecule has 1 unspecified atom stereocenters. The van der Waals surface area contributed by atoms with Crippen LogP contribution >= 0.6 is 0 Å². The molecule has 1 atom stereocenters. The quantitative estimate of drug-likeness (QED) is 0.712. The molecule has 1 fully saturated rings. The van der Waals surface area contributed by atoms with Crippen LogP contribution in [0.5, 0.6) is 0 Å². The Balaban J connectivity index is 1.91. The number of nitrogens with one attached hydrogen (secondary N) is 1. The third kappa shape index (κ3) is 3.68. The molecule has 2 amide bonds. The van der Waals surface area contributed by atoms with Gasteiger partial charge in [-0.3, -0.25) is 9.48 Å². The molecule has 2 rings (SSSR count). The highest BCUT2D eigenvalue weighted by molar-refractivity contribution is 5.89. The number of carboxylic acid groups (broad SMARTS) is 1. The molecule has 3 N–H and O–H groups in total. The van der Waals surface area contributed by atoms with E-state index in [-0.39, 0.29) is 12.6 Å². The largest absolute Gasteiger partial charge is 0.480 e. The van der Waals surface area contributed by atoms with Gasteiger partial charge in [0, 0.05) is 19.3 Å². The van der Waals surface area contributed by atoms with E-state index in [0.717, 1.165) is 6.42 Å². The Morgan fingerprint density at radius 2 is 2.32 bits per heavy atom. The van der Waals surface area contributed by atoms with E-state index in [1.54, 1.807) is 0 Å². The number of urea groups is 1. The fourth-order valence-corrected chi connectivity index (χ4v) is 1.99. The summed E-state index contributed by atoms with van der Waals surface area (Å²) in [5.41, 5.74) is 0.436. The molecular weight excluding hydrogens is 252 g/mol. The molecule has 1 aliphatic rings. The van der Waals surface area contributed by atoms with Gasteiger partial charge in [0.15, 0.2) is 0 Å². The summed E-state index contributed by atoms with van der Waals surface area (Å²) in [4.78, 5) is 23.9. The van der Waals surface area contributed by atoms with Gasteiger partial charge in [0.05, 0.1) is 18.0 Å². The van der Waals surface area contributed by atoms with Crippen LogP contribution in [-0.2, 0) is 11.3 Å². The summed E-state index contributed by atoms with van der Waals surface area (Å²) in [7, 11) is 0. The standard InChI is InChI=1S/C11H16N4O4/c16-9-2-1-3-14(6-9)11(19)13-8-4-12-15(5-8)7-10(17)18/h4-5,9,16H,1-3,6-7H2,(H,13,19)(H,17,18). The molecule has 104 valence electrons. The predicted molar refractivity (Wildman–Crippen MR) is 65.7 cm³/mol. The average Bonchev–Trinajstić information content (AvgIpc) is 2.75. The van der Waals surface area contributed by atoms with Crippen LogP contribution in [-0.4, -0.2) is 56.1 Å². The Bertz CT molecular complexity index is 473. The number of aliphatic carboxylic acids is 1.